The zero-order chi connectivity index (χ0) is 20.7. The van der Waals surface area contributed by atoms with E-state index in [1.807, 2.05) is 6.07 Å². The summed E-state index contributed by atoms with van der Waals surface area (Å²) >= 11 is 5.78. The number of aromatic nitrogens is 2. The second-order valence-corrected chi connectivity index (χ2v) is 8.69. The molecular weight excluding hydrogens is 401 g/mol. The summed E-state index contributed by atoms with van der Waals surface area (Å²) in [5, 5.41) is 4.18. The Morgan fingerprint density at radius 1 is 1.17 bits per heavy atom. The second kappa shape index (κ2) is 7.80. The molecule has 4 nitrogen and oxygen atoms in total. The van der Waals surface area contributed by atoms with Gasteiger partial charge in [0, 0.05) is 18.0 Å². The first-order chi connectivity index (χ1) is 14.5. The largest absolute Gasteiger partial charge is 0.325 e. The van der Waals surface area contributed by atoms with Crippen LogP contribution in [-0.2, 0) is 4.79 Å². The highest BCUT2D eigenvalue weighted by molar-refractivity contribution is 6.29. The van der Waals surface area contributed by atoms with E-state index in [-0.39, 0.29) is 11.7 Å². The third-order valence-electron chi connectivity index (χ3n) is 6.28. The number of nitrogens with one attached hydrogen (secondary N) is 1. The Kier molecular flexibility index (Phi) is 4.99. The van der Waals surface area contributed by atoms with Gasteiger partial charge in [0.2, 0.25) is 5.91 Å². The van der Waals surface area contributed by atoms with Crippen molar-refractivity contribution in [1.29, 1.82) is 0 Å². The number of anilines is 1. The van der Waals surface area contributed by atoms with Gasteiger partial charge in [-0.1, -0.05) is 17.7 Å². The molecule has 2 aliphatic rings. The van der Waals surface area contributed by atoms with Crippen LogP contribution in [-0.4, -0.2) is 15.9 Å². The zero-order valence-corrected chi connectivity index (χ0v) is 17.1. The number of allylic oxidation sites excluding steroid dienone is 2. The van der Waals surface area contributed by atoms with Crippen molar-refractivity contribution in [2.24, 2.45) is 17.8 Å². The summed E-state index contributed by atoms with van der Waals surface area (Å²) in [6, 6.07) is 10.2. The predicted molar refractivity (Wildman–Crippen MR) is 116 cm³/mol. The monoisotopic (exact) mass is 421 g/mol. The van der Waals surface area contributed by atoms with E-state index in [0.29, 0.717) is 35.0 Å². The topological polar surface area (TPSA) is 54.9 Å². The predicted octanol–water partition coefficient (Wildman–Crippen LogP) is 5.88. The number of pyridine rings is 2. The number of hydrogen-bond acceptors (Lipinski definition) is 3. The van der Waals surface area contributed by atoms with Crippen LogP contribution in [0.5, 0.6) is 0 Å². The van der Waals surface area contributed by atoms with Crippen LogP contribution in [0.15, 0.2) is 54.9 Å². The van der Waals surface area contributed by atoms with Crippen LogP contribution >= 0.6 is 11.6 Å². The van der Waals surface area contributed by atoms with Gasteiger partial charge in [0.25, 0.3) is 0 Å². The number of hydrogen-bond donors (Lipinski definition) is 1. The first kappa shape index (κ1) is 19.2. The van der Waals surface area contributed by atoms with E-state index in [9.17, 15) is 9.18 Å². The van der Waals surface area contributed by atoms with E-state index in [1.54, 1.807) is 36.7 Å². The Morgan fingerprint density at radius 3 is 2.87 bits per heavy atom. The number of halogens is 2. The number of benzene rings is 1. The van der Waals surface area contributed by atoms with Crippen molar-refractivity contribution in [3.05, 3.63) is 71.4 Å². The lowest BCUT2D eigenvalue weighted by Crippen LogP contribution is -2.15. The Labute approximate surface area is 179 Å². The molecule has 3 atom stereocenters. The molecule has 1 N–H and O–H groups in total. The smallest absolute Gasteiger partial charge is 0.224 e. The molecule has 3 aromatic rings. The number of carbonyl (C=O) groups excluding carboxylic acids is 1. The summed E-state index contributed by atoms with van der Waals surface area (Å²) in [4.78, 5) is 20.8. The molecule has 2 aliphatic carbocycles. The molecule has 0 saturated heterocycles. The van der Waals surface area contributed by atoms with Crippen LogP contribution < -0.4 is 5.32 Å². The summed E-state index contributed by atoms with van der Waals surface area (Å²) in [6.07, 6.45) is 9.24. The molecule has 1 unspecified atom stereocenters. The molecule has 5 rings (SSSR count). The molecule has 2 heterocycles. The van der Waals surface area contributed by atoms with Crippen molar-refractivity contribution in [1.82, 2.24) is 9.97 Å². The Morgan fingerprint density at radius 2 is 2.07 bits per heavy atom. The van der Waals surface area contributed by atoms with Gasteiger partial charge < -0.3 is 5.32 Å². The highest BCUT2D eigenvalue weighted by Crippen LogP contribution is 2.49. The molecule has 6 heteroatoms. The van der Waals surface area contributed by atoms with Crippen LogP contribution in [0.4, 0.5) is 10.1 Å². The maximum Gasteiger partial charge on any atom is 0.224 e. The fourth-order valence-corrected chi connectivity index (χ4v) is 5.12. The average molecular weight is 422 g/mol. The number of amides is 1. The fourth-order valence-electron chi connectivity index (χ4n) is 5.01. The van der Waals surface area contributed by atoms with Gasteiger partial charge in [0.05, 0.1) is 17.4 Å². The van der Waals surface area contributed by atoms with Crippen molar-refractivity contribution in [3.63, 3.8) is 0 Å². The van der Waals surface area contributed by atoms with Crippen molar-refractivity contribution in [3.8, 4) is 0 Å². The van der Waals surface area contributed by atoms with Crippen molar-refractivity contribution in [2.75, 3.05) is 5.32 Å². The van der Waals surface area contributed by atoms with Crippen LogP contribution in [0.2, 0.25) is 5.15 Å². The summed E-state index contributed by atoms with van der Waals surface area (Å²) in [6.45, 7) is 0. The van der Waals surface area contributed by atoms with Gasteiger partial charge in [0.15, 0.2) is 0 Å². The lowest BCUT2D eigenvalue weighted by Gasteiger charge is -2.13. The normalized spacial score (nSPS) is 22.7. The van der Waals surface area contributed by atoms with Gasteiger partial charge in [0.1, 0.15) is 11.0 Å². The fraction of sp³-hybridized carbons (Fsp3) is 0.292. The minimum Gasteiger partial charge on any atom is -0.325 e. The number of rotatable bonds is 4. The molecule has 0 spiro atoms. The van der Waals surface area contributed by atoms with Crippen molar-refractivity contribution < 1.29 is 9.18 Å². The quantitative estimate of drug-likeness (QED) is 0.535. The number of nitrogens with zero attached hydrogens (tertiary/aromatic N) is 2. The standard InChI is InChI=1S/C24H21ClFN3O/c25-23-4-2-19(13-28-23)29-24(30)9-14-7-15-10-17(11-16(15)8-14)20-5-6-27-22-3-1-18(26)12-21(20)22/h1-6,10,12-16H,7-9,11H2,(H,29,30)/t14-,15?,16+/m0/s1. The molecule has 1 amide bonds. The van der Waals surface area contributed by atoms with Crippen LogP contribution in [0.1, 0.15) is 31.2 Å². The highest BCUT2D eigenvalue weighted by Gasteiger charge is 2.38. The lowest BCUT2D eigenvalue weighted by atomic mass is 9.94. The zero-order valence-electron chi connectivity index (χ0n) is 16.3. The maximum absolute atomic E-state index is 13.8. The molecule has 0 aliphatic heterocycles. The van der Waals surface area contributed by atoms with Crippen molar-refractivity contribution in [2.45, 2.75) is 25.7 Å². The van der Waals surface area contributed by atoms with Crippen LogP contribution in [0.3, 0.4) is 0 Å². The lowest BCUT2D eigenvalue weighted by molar-refractivity contribution is -0.117. The van der Waals surface area contributed by atoms with Crippen LogP contribution in [0.25, 0.3) is 16.5 Å². The Balaban J connectivity index is 1.26. The third-order valence-corrected chi connectivity index (χ3v) is 6.50. The minimum atomic E-state index is -0.238. The van der Waals surface area contributed by atoms with Gasteiger partial charge in [-0.05, 0) is 84.6 Å². The summed E-state index contributed by atoms with van der Waals surface area (Å²) < 4.78 is 13.8. The van der Waals surface area contributed by atoms with Gasteiger partial charge in [-0.25, -0.2) is 9.37 Å². The number of fused-ring (bicyclic) bond motifs is 2. The average Bonchev–Trinajstić information content (AvgIpc) is 3.27. The van der Waals surface area contributed by atoms with E-state index in [4.69, 9.17) is 11.6 Å². The minimum absolute atomic E-state index is 0.0175. The van der Waals surface area contributed by atoms with Crippen LogP contribution in [0, 0.1) is 23.6 Å². The van der Waals surface area contributed by atoms with Gasteiger partial charge in [-0.3, -0.25) is 9.78 Å². The van der Waals surface area contributed by atoms with E-state index in [2.05, 4.69) is 21.4 Å². The molecule has 0 bridgehead atoms. The first-order valence-corrected chi connectivity index (χ1v) is 10.6. The summed E-state index contributed by atoms with van der Waals surface area (Å²) in [5.74, 6) is 1.18. The molecule has 2 aromatic heterocycles. The second-order valence-electron chi connectivity index (χ2n) is 8.30. The van der Waals surface area contributed by atoms with Gasteiger partial charge >= 0.3 is 0 Å². The van der Waals surface area contributed by atoms with E-state index < -0.39 is 0 Å². The number of carbonyl (C=O) groups is 1. The van der Waals surface area contributed by atoms with Gasteiger partial charge in [-0.15, -0.1) is 0 Å². The maximum atomic E-state index is 13.8. The third kappa shape index (κ3) is 3.82. The molecular formula is C24H21ClFN3O. The van der Waals surface area contributed by atoms with E-state index in [0.717, 1.165) is 35.7 Å². The summed E-state index contributed by atoms with van der Waals surface area (Å²) in [5.41, 5.74) is 3.84. The molecule has 152 valence electrons. The van der Waals surface area contributed by atoms with E-state index in [1.165, 1.54) is 11.6 Å². The Hall–Kier alpha value is -2.79. The Bertz CT molecular complexity index is 1140. The molecule has 1 aromatic carbocycles. The first-order valence-electron chi connectivity index (χ1n) is 10.2. The van der Waals surface area contributed by atoms with Gasteiger partial charge in [-0.2, -0.15) is 0 Å². The molecule has 30 heavy (non-hydrogen) atoms. The SMILES string of the molecule is O=C(C[C@H]1CC2C=C(c3ccnc4ccc(F)cc34)C[C@H]2C1)Nc1ccc(Cl)nc1. The molecule has 1 fully saturated rings. The molecule has 1 saturated carbocycles. The van der Waals surface area contributed by atoms with E-state index >= 15 is 0 Å². The highest BCUT2D eigenvalue weighted by atomic mass is 35.5. The summed E-state index contributed by atoms with van der Waals surface area (Å²) in [7, 11) is 0. The van der Waals surface area contributed by atoms with Crippen molar-refractivity contribution >= 4 is 39.7 Å². The molecule has 0 radical (unpaired) electrons.